The smallest absolute Gasteiger partial charge is 0.308 e. The minimum atomic E-state index is -3.71. The molecule has 0 radical (unpaired) electrons. The van der Waals surface area contributed by atoms with E-state index < -0.39 is 10.0 Å². The topological polar surface area (TPSA) is 84.0 Å². The zero-order chi connectivity index (χ0) is 22.8. The van der Waals surface area contributed by atoms with E-state index in [0.29, 0.717) is 42.7 Å². The zero-order valence-corrected chi connectivity index (χ0v) is 19.1. The molecule has 0 unspecified atom stereocenters. The molecular weight excluding hydrogens is 416 g/mol. The molecule has 3 rings (SSSR count). The molecule has 166 valence electrons. The molecule has 0 atom stereocenters. The zero-order valence-electron chi connectivity index (χ0n) is 18.3. The second kappa shape index (κ2) is 9.09. The first-order valence-corrected chi connectivity index (χ1v) is 11.6. The summed E-state index contributed by atoms with van der Waals surface area (Å²) in [5, 5.41) is 0. The first-order valence-electron chi connectivity index (χ1n) is 10.2. The highest BCUT2D eigenvalue weighted by Gasteiger charge is 2.29. The van der Waals surface area contributed by atoms with Crippen molar-refractivity contribution in [3.05, 3.63) is 59.2 Å². The maximum absolute atomic E-state index is 13.0. The number of anilines is 1. The van der Waals surface area contributed by atoms with Crippen LogP contribution < -0.4 is 4.31 Å². The molecule has 0 saturated carbocycles. The average molecular weight is 445 g/mol. The molecule has 7 nitrogen and oxygen atoms in total. The molecule has 1 heterocycles. The van der Waals surface area contributed by atoms with E-state index in [0.717, 1.165) is 5.56 Å². The Bertz CT molecular complexity index is 1070. The Morgan fingerprint density at radius 2 is 1.65 bits per heavy atom. The predicted octanol–water partition coefficient (Wildman–Crippen LogP) is 3.15. The summed E-state index contributed by atoms with van der Waals surface area (Å²) in [5.74, 6) is -0.522. The van der Waals surface area contributed by atoms with Gasteiger partial charge in [-0.05, 0) is 62.6 Å². The number of methoxy groups -OCH3 is 1. The first kappa shape index (κ1) is 22.8. The molecule has 1 saturated heterocycles. The summed E-state index contributed by atoms with van der Waals surface area (Å²) in [7, 11) is -0.822. The Labute approximate surface area is 183 Å². The molecule has 0 aliphatic carbocycles. The summed E-state index contributed by atoms with van der Waals surface area (Å²) in [6.07, 6.45) is 1.15. The van der Waals surface area contributed by atoms with Crippen LogP contribution in [0.2, 0.25) is 0 Å². The molecule has 1 fully saturated rings. The van der Waals surface area contributed by atoms with Crippen LogP contribution in [0.1, 0.15) is 34.3 Å². The number of hydrogen-bond acceptors (Lipinski definition) is 5. The van der Waals surface area contributed by atoms with Crippen LogP contribution in [0.5, 0.6) is 0 Å². The van der Waals surface area contributed by atoms with E-state index >= 15 is 0 Å². The van der Waals surface area contributed by atoms with Gasteiger partial charge < -0.3 is 9.64 Å². The third kappa shape index (κ3) is 4.74. The molecule has 8 heteroatoms. The van der Waals surface area contributed by atoms with Crippen LogP contribution in [0.3, 0.4) is 0 Å². The van der Waals surface area contributed by atoms with Gasteiger partial charge in [0.2, 0.25) is 0 Å². The third-order valence-corrected chi connectivity index (χ3v) is 7.56. The van der Waals surface area contributed by atoms with Crippen LogP contribution in [0.15, 0.2) is 47.4 Å². The number of hydrogen-bond donors (Lipinski definition) is 0. The van der Waals surface area contributed by atoms with Crippen LogP contribution in [0, 0.1) is 19.8 Å². The molecule has 1 amide bonds. The standard InChI is InChI=1S/C23H28N2O5S/c1-16-5-8-20(9-6-16)31(28,29)24(3)21-10-7-19(15-17(21)2)22(26)25-13-11-18(12-14-25)23(27)30-4/h5-10,15,18H,11-14H2,1-4H3. The molecule has 0 spiro atoms. The van der Waals surface area contributed by atoms with Crippen molar-refractivity contribution in [2.24, 2.45) is 5.92 Å². The number of rotatable bonds is 5. The van der Waals surface area contributed by atoms with Gasteiger partial charge in [-0.15, -0.1) is 0 Å². The highest BCUT2D eigenvalue weighted by atomic mass is 32.2. The van der Waals surface area contributed by atoms with Crippen LogP contribution in [0.25, 0.3) is 0 Å². The summed E-state index contributed by atoms with van der Waals surface area (Å²) >= 11 is 0. The average Bonchev–Trinajstić information content (AvgIpc) is 2.78. The number of aryl methyl sites for hydroxylation is 2. The Morgan fingerprint density at radius 1 is 1.03 bits per heavy atom. The summed E-state index contributed by atoms with van der Waals surface area (Å²) in [6.45, 7) is 4.66. The normalized spacial score (nSPS) is 14.9. The van der Waals surface area contributed by atoms with Gasteiger partial charge in [0, 0.05) is 25.7 Å². The second-order valence-electron chi connectivity index (χ2n) is 7.88. The van der Waals surface area contributed by atoms with Gasteiger partial charge in [0.25, 0.3) is 15.9 Å². The number of piperidine rings is 1. The van der Waals surface area contributed by atoms with E-state index in [9.17, 15) is 18.0 Å². The number of sulfonamides is 1. The number of likely N-dealkylation sites (tertiary alicyclic amines) is 1. The van der Waals surface area contributed by atoms with E-state index in [2.05, 4.69) is 0 Å². The Hall–Kier alpha value is -2.87. The van der Waals surface area contributed by atoms with Crippen molar-refractivity contribution < 1.29 is 22.7 Å². The number of nitrogens with zero attached hydrogens (tertiary/aromatic N) is 2. The highest BCUT2D eigenvalue weighted by molar-refractivity contribution is 7.92. The van der Waals surface area contributed by atoms with E-state index in [1.807, 2.05) is 6.92 Å². The fraction of sp³-hybridized carbons (Fsp3) is 0.391. The largest absolute Gasteiger partial charge is 0.469 e. The summed E-state index contributed by atoms with van der Waals surface area (Å²) in [6, 6.07) is 11.7. The van der Waals surface area contributed by atoms with E-state index in [-0.39, 0.29) is 22.7 Å². The maximum Gasteiger partial charge on any atom is 0.308 e. The molecule has 2 aromatic carbocycles. The van der Waals surface area contributed by atoms with E-state index in [1.165, 1.54) is 18.5 Å². The van der Waals surface area contributed by atoms with Crippen LogP contribution in [-0.4, -0.2) is 52.4 Å². The van der Waals surface area contributed by atoms with Crippen molar-refractivity contribution in [1.82, 2.24) is 4.90 Å². The van der Waals surface area contributed by atoms with Gasteiger partial charge >= 0.3 is 5.97 Å². The highest BCUT2D eigenvalue weighted by Crippen LogP contribution is 2.27. The molecule has 0 N–H and O–H groups in total. The van der Waals surface area contributed by atoms with Gasteiger partial charge in [0.1, 0.15) is 0 Å². The van der Waals surface area contributed by atoms with E-state index in [4.69, 9.17) is 4.74 Å². The van der Waals surface area contributed by atoms with Gasteiger partial charge in [-0.3, -0.25) is 13.9 Å². The monoisotopic (exact) mass is 444 g/mol. The second-order valence-corrected chi connectivity index (χ2v) is 9.85. The van der Waals surface area contributed by atoms with Crippen LogP contribution >= 0.6 is 0 Å². The van der Waals surface area contributed by atoms with Crippen molar-refractivity contribution in [3.63, 3.8) is 0 Å². The molecular formula is C23H28N2O5S. The minimum absolute atomic E-state index is 0.123. The van der Waals surface area contributed by atoms with Crippen molar-refractivity contribution in [2.45, 2.75) is 31.6 Å². The van der Waals surface area contributed by atoms with Gasteiger partial charge in [-0.25, -0.2) is 8.42 Å². The lowest BCUT2D eigenvalue weighted by atomic mass is 9.96. The van der Waals surface area contributed by atoms with Crippen molar-refractivity contribution in [3.8, 4) is 0 Å². The van der Waals surface area contributed by atoms with Gasteiger partial charge in [-0.1, -0.05) is 17.7 Å². The Morgan fingerprint density at radius 3 is 2.19 bits per heavy atom. The lowest BCUT2D eigenvalue weighted by molar-refractivity contribution is -0.146. The van der Waals surface area contributed by atoms with Gasteiger partial charge in [0.15, 0.2) is 0 Å². The number of amides is 1. The molecule has 1 aliphatic heterocycles. The molecule has 0 aromatic heterocycles. The van der Waals surface area contributed by atoms with E-state index in [1.54, 1.807) is 54.3 Å². The fourth-order valence-electron chi connectivity index (χ4n) is 3.81. The van der Waals surface area contributed by atoms with Crippen LogP contribution in [0.4, 0.5) is 5.69 Å². The predicted molar refractivity (Wildman–Crippen MR) is 119 cm³/mol. The van der Waals surface area contributed by atoms with Crippen molar-refractivity contribution >= 4 is 27.6 Å². The fourth-order valence-corrected chi connectivity index (χ4v) is 5.07. The quantitative estimate of drug-likeness (QED) is 0.662. The summed E-state index contributed by atoms with van der Waals surface area (Å²) in [4.78, 5) is 26.5. The minimum Gasteiger partial charge on any atom is -0.469 e. The number of ether oxygens (including phenoxy) is 1. The summed E-state index contributed by atoms with van der Waals surface area (Å²) in [5.41, 5.74) is 2.69. The third-order valence-electron chi connectivity index (χ3n) is 5.78. The number of benzene rings is 2. The maximum atomic E-state index is 13.0. The molecule has 2 aromatic rings. The molecule has 31 heavy (non-hydrogen) atoms. The molecule has 1 aliphatic rings. The van der Waals surface area contributed by atoms with Crippen molar-refractivity contribution in [2.75, 3.05) is 31.6 Å². The van der Waals surface area contributed by atoms with Crippen molar-refractivity contribution in [1.29, 1.82) is 0 Å². The number of carbonyl (C=O) groups is 2. The lowest BCUT2D eigenvalue weighted by Crippen LogP contribution is -2.40. The lowest BCUT2D eigenvalue weighted by Gasteiger charge is -2.31. The SMILES string of the molecule is COC(=O)C1CCN(C(=O)c2ccc(N(C)S(=O)(=O)c3ccc(C)cc3)c(C)c2)CC1. The van der Waals surface area contributed by atoms with Gasteiger partial charge in [-0.2, -0.15) is 0 Å². The van der Waals surface area contributed by atoms with Crippen LogP contribution in [-0.2, 0) is 19.6 Å². The first-order chi connectivity index (χ1) is 14.6. The Balaban J connectivity index is 1.76. The molecule has 0 bridgehead atoms. The number of esters is 1. The number of carbonyl (C=O) groups excluding carboxylic acids is 2. The Kier molecular flexibility index (Phi) is 6.69. The van der Waals surface area contributed by atoms with Gasteiger partial charge in [0.05, 0.1) is 23.6 Å². The summed E-state index contributed by atoms with van der Waals surface area (Å²) < 4.78 is 32.0.